The van der Waals surface area contributed by atoms with Crippen molar-refractivity contribution in [1.29, 1.82) is 0 Å². The zero-order valence-corrected chi connectivity index (χ0v) is 15.3. The molecule has 0 fully saturated rings. The van der Waals surface area contributed by atoms with Gasteiger partial charge in [-0.1, -0.05) is 18.6 Å². The van der Waals surface area contributed by atoms with Crippen LogP contribution >= 0.6 is 0 Å². The van der Waals surface area contributed by atoms with E-state index in [9.17, 15) is 9.59 Å². The molecule has 0 radical (unpaired) electrons. The van der Waals surface area contributed by atoms with Gasteiger partial charge in [0.15, 0.2) is 5.65 Å². The minimum absolute atomic E-state index is 0.291. The maximum absolute atomic E-state index is 12.7. The van der Waals surface area contributed by atoms with E-state index in [2.05, 4.69) is 16.4 Å². The number of nitrogens with zero attached hydrogens (tertiary/aromatic N) is 3. The van der Waals surface area contributed by atoms with Gasteiger partial charge in [0.2, 0.25) is 0 Å². The van der Waals surface area contributed by atoms with Crippen LogP contribution in [-0.4, -0.2) is 20.7 Å². The van der Waals surface area contributed by atoms with E-state index in [0.29, 0.717) is 11.0 Å². The Kier molecular flexibility index (Phi) is 5.06. The van der Waals surface area contributed by atoms with Gasteiger partial charge in [-0.3, -0.25) is 13.9 Å². The zero-order valence-electron chi connectivity index (χ0n) is 15.3. The van der Waals surface area contributed by atoms with Crippen LogP contribution in [0.2, 0.25) is 0 Å². The van der Waals surface area contributed by atoms with Gasteiger partial charge in [-0.2, -0.15) is 0 Å². The highest BCUT2D eigenvalue weighted by Crippen LogP contribution is 2.24. The molecule has 1 N–H and O–H groups in total. The standard InChI is InChI=1S/C19H26N4O2/c1-4-14-12-21-17-15(18(24)23(3)19(25)22(17)2)16(14)20-11-10-13-8-6-5-7-9-13/h8,12H,4-7,9-11H2,1-3H3,(H,20,21). The summed E-state index contributed by atoms with van der Waals surface area (Å²) in [5.41, 5.74) is 3.11. The molecule has 0 saturated heterocycles. The second kappa shape index (κ2) is 7.25. The fourth-order valence-corrected chi connectivity index (χ4v) is 3.52. The average molecular weight is 342 g/mol. The summed E-state index contributed by atoms with van der Waals surface area (Å²) in [6.07, 6.45) is 10.8. The minimum atomic E-state index is -0.354. The lowest BCUT2D eigenvalue weighted by molar-refractivity contribution is 0.679. The van der Waals surface area contributed by atoms with E-state index in [1.165, 1.54) is 42.9 Å². The molecule has 3 rings (SSSR count). The van der Waals surface area contributed by atoms with E-state index in [1.54, 1.807) is 13.2 Å². The van der Waals surface area contributed by atoms with E-state index in [1.807, 2.05) is 6.92 Å². The number of hydrogen-bond acceptors (Lipinski definition) is 4. The summed E-state index contributed by atoms with van der Waals surface area (Å²) in [4.78, 5) is 29.2. The van der Waals surface area contributed by atoms with E-state index >= 15 is 0 Å². The number of aryl methyl sites for hydroxylation is 2. The summed E-state index contributed by atoms with van der Waals surface area (Å²) in [7, 11) is 3.17. The van der Waals surface area contributed by atoms with Crippen LogP contribution in [0.3, 0.4) is 0 Å². The summed E-state index contributed by atoms with van der Waals surface area (Å²) < 4.78 is 2.59. The number of pyridine rings is 1. The van der Waals surface area contributed by atoms with Crippen LogP contribution in [0.25, 0.3) is 11.0 Å². The molecule has 2 heterocycles. The van der Waals surface area contributed by atoms with Gasteiger partial charge in [0.1, 0.15) is 5.39 Å². The van der Waals surface area contributed by atoms with Gasteiger partial charge >= 0.3 is 5.69 Å². The predicted molar refractivity (Wildman–Crippen MR) is 101 cm³/mol. The molecule has 134 valence electrons. The molecular formula is C19H26N4O2. The Balaban J connectivity index is 2.01. The molecule has 2 aromatic heterocycles. The molecule has 6 nitrogen and oxygen atoms in total. The quantitative estimate of drug-likeness (QED) is 0.848. The lowest BCUT2D eigenvalue weighted by atomic mass is 9.97. The van der Waals surface area contributed by atoms with Crippen molar-refractivity contribution >= 4 is 16.7 Å². The molecule has 0 atom stereocenters. The number of nitrogens with one attached hydrogen (secondary N) is 1. The third kappa shape index (κ3) is 3.25. The Bertz CT molecular complexity index is 937. The van der Waals surface area contributed by atoms with E-state index in [4.69, 9.17) is 0 Å². The van der Waals surface area contributed by atoms with Crippen molar-refractivity contribution in [3.63, 3.8) is 0 Å². The number of rotatable bonds is 5. The lowest BCUT2D eigenvalue weighted by Gasteiger charge is -2.17. The van der Waals surface area contributed by atoms with Gasteiger partial charge in [0.05, 0.1) is 5.69 Å². The largest absolute Gasteiger partial charge is 0.384 e. The molecule has 0 aliphatic heterocycles. The Labute approximate surface area is 147 Å². The maximum Gasteiger partial charge on any atom is 0.332 e. The number of hydrogen-bond donors (Lipinski definition) is 1. The molecule has 0 amide bonds. The molecule has 0 aromatic carbocycles. The van der Waals surface area contributed by atoms with Gasteiger partial charge in [-0.05, 0) is 44.1 Å². The van der Waals surface area contributed by atoms with Gasteiger partial charge in [-0.15, -0.1) is 0 Å². The summed E-state index contributed by atoms with van der Waals surface area (Å²) in [5, 5.41) is 3.96. The van der Waals surface area contributed by atoms with Crippen molar-refractivity contribution in [1.82, 2.24) is 14.1 Å². The van der Waals surface area contributed by atoms with Crippen molar-refractivity contribution < 1.29 is 0 Å². The monoisotopic (exact) mass is 342 g/mol. The van der Waals surface area contributed by atoms with Crippen molar-refractivity contribution in [2.45, 2.75) is 45.4 Å². The highest BCUT2D eigenvalue weighted by atomic mass is 16.2. The van der Waals surface area contributed by atoms with Crippen LogP contribution in [0.4, 0.5) is 5.69 Å². The first kappa shape index (κ1) is 17.5. The Morgan fingerprint density at radius 2 is 2.00 bits per heavy atom. The summed E-state index contributed by atoms with van der Waals surface area (Å²) in [6.45, 7) is 2.83. The molecule has 1 aliphatic rings. The van der Waals surface area contributed by atoms with E-state index in [0.717, 1.165) is 35.2 Å². The molecule has 2 aromatic rings. The van der Waals surface area contributed by atoms with Crippen LogP contribution in [0.5, 0.6) is 0 Å². The Hall–Kier alpha value is -2.37. The van der Waals surface area contributed by atoms with Gasteiger partial charge in [0, 0.05) is 26.8 Å². The second-order valence-corrected chi connectivity index (χ2v) is 6.70. The SMILES string of the molecule is CCc1cnc2c(c1NCCC1=CCCCC1)c(=O)n(C)c(=O)n2C. The fourth-order valence-electron chi connectivity index (χ4n) is 3.52. The Morgan fingerprint density at radius 3 is 2.68 bits per heavy atom. The summed E-state index contributed by atoms with van der Waals surface area (Å²) in [5.74, 6) is 0. The van der Waals surface area contributed by atoms with Crippen LogP contribution in [-0.2, 0) is 20.5 Å². The summed E-state index contributed by atoms with van der Waals surface area (Å²) in [6, 6.07) is 0. The first-order chi connectivity index (χ1) is 12.0. The first-order valence-electron chi connectivity index (χ1n) is 9.04. The molecule has 0 bridgehead atoms. The third-order valence-corrected chi connectivity index (χ3v) is 5.06. The lowest BCUT2D eigenvalue weighted by Crippen LogP contribution is -2.37. The number of anilines is 1. The maximum atomic E-state index is 12.7. The topological polar surface area (TPSA) is 68.9 Å². The van der Waals surface area contributed by atoms with Gasteiger partial charge < -0.3 is 5.32 Å². The van der Waals surface area contributed by atoms with Gasteiger partial charge in [-0.25, -0.2) is 9.78 Å². The van der Waals surface area contributed by atoms with Crippen molar-refractivity contribution in [2.24, 2.45) is 14.1 Å². The van der Waals surface area contributed by atoms with Crippen molar-refractivity contribution in [3.8, 4) is 0 Å². The van der Waals surface area contributed by atoms with Crippen LogP contribution in [0.15, 0.2) is 27.4 Å². The molecule has 25 heavy (non-hydrogen) atoms. The summed E-state index contributed by atoms with van der Waals surface area (Å²) >= 11 is 0. The van der Waals surface area contributed by atoms with Crippen molar-refractivity contribution in [2.75, 3.05) is 11.9 Å². The van der Waals surface area contributed by atoms with Crippen molar-refractivity contribution in [3.05, 3.63) is 44.2 Å². The molecule has 0 spiro atoms. The third-order valence-electron chi connectivity index (χ3n) is 5.06. The minimum Gasteiger partial charge on any atom is -0.384 e. The number of aromatic nitrogens is 3. The van der Waals surface area contributed by atoms with E-state index in [-0.39, 0.29) is 11.2 Å². The normalized spacial score (nSPS) is 14.6. The predicted octanol–water partition coefficient (Wildman–Crippen LogP) is 2.50. The van der Waals surface area contributed by atoms with Crippen LogP contribution < -0.4 is 16.6 Å². The van der Waals surface area contributed by atoms with Crippen LogP contribution in [0, 0.1) is 0 Å². The molecule has 1 aliphatic carbocycles. The highest BCUT2D eigenvalue weighted by Gasteiger charge is 2.16. The average Bonchev–Trinajstić information content (AvgIpc) is 2.65. The Morgan fingerprint density at radius 1 is 1.20 bits per heavy atom. The fraction of sp³-hybridized carbons (Fsp3) is 0.526. The first-order valence-corrected chi connectivity index (χ1v) is 9.04. The second-order valence-electron chi connectivity index (χ2n) is 6.70. The van der Waals surface area contributed by atoms with E-state index < -0.39 is 0 Å². The van der Waals surface area contributed by atoms with Crippen LogP contribution in [0.1, 0.15) is 44.6 Å². The molecular weight excluding hydrogens is 316 g/mol. The smallest absolute Gasteiger partial charge is 0.332 e. The number of fused-ring (bicyclic) bond motifs is 1. The highest BCUT2D eigenvalue weighted by molar-refractivity contribution is 5.90. The zero-order chi connectivity index (χ0) is 18.0. The van der Waals surface area contributed by atoms with Gasteiger partial charge in [0.25, 0.3) is 5.56 Å². The molecule has 0 unspecified atom stereocenters. The number of allylic oxidation sites excluding steroid dienone is 1. The molecule has 6 heteroatoms. The molecule has 0 saturated carbocycles.